The van der Waals surface area contributed by atoms with Crippen LogP contribution in [0.4, 0.5) is 4.39 Å². The fourth-order valence-electron chi connectivity index (χ4n) is 4.34. The van der Waals surface area contributed by atoms with E-state index in [-0.39, 0.29) is 41.0 Å². The minimum absolute atomic E-state index is 0.0292. The van der Waals surface area contributed by atoms with Gasteiger partial charge in [-0.25, -0.2) is 9.18 Å². The van der Waals surface area contributed by atoms with Crippen molar-refractivity contribution in [3.05, 3.63) is 95.3 Å². The molecule has 4 rings (SSSR count). The number of nitrogens with zero attached hydrogens (tertiary/aromatic N) is 1. The molecule has 212 valence electrons. The molecule has 40 heavy (non-hydrogen) atoms. The highest BCUT2D eigenvalue weighted by molar-refractivity contribution is 7.87. The molecule has 0 N–H and O–H groups in total. The Morgan fingerprint density at radius 2 is 1.70 bits per heavy atom. The molecule has 1 atom stereocenters. The van der Waals surface area contributed by atoms with E-state index in [9.17, 15) is 22.4 Å². The average Bonchev–Trinajstić information content (AvgIpc) is 3.47. The minimum Gasteiger partial charge on any atom is -0.462 e. The molecule has 3 aromatic rings. The van der Waals surface area contributed by atoms with Gasteiger partial charge in [0.2, 0.25) is 0 Å². The van der Waals surface area contributed by atoms with Gasteiger partial charge in [-0.05, 0) is 61.2 Å². The summed E-state index contributed by atoms with van der Waals surface area (Å²) in [7, 11) is -4.35. The van der Waals surface area contributed by atoms with E-state index >= 15 is 0 Å². The van der Waals surface area contributed by atoms with Crippen molar-refractivity contribution in [3.8, 4) is 5.75 Å². The molecule has 0 radical (unpaired) electrons. The van der Waals surface area contributed by atoms with Gasteiger partial charge in [0.1, 0.15) is 16.5 Å². The maximum atomic E-state index is 14.4. The predicted octanol–water partition coefficient (Wildman–Crippen LogP) is 5.37. The van der Waals surface area contributed by atoms with Crippen LogP contribution < -0.4 is 4.18 Å². The Morgan fingerprint density at radius 3 is 2.38 bits per heavy atom. The number of esters is 1. The molecular weight excluding hydrogens is 537 g/mol. The van der Waals surface area contributed by atoms with Crippen molar-refractivity contribution in [3.63, 3.8) is 0 Å². The Hall–Kier alpha value is -3.76. The summed E-state index contributed by atoms with van der Waals surface area (Å²) in [5.74, 6) is -1.77. The van der Waals surface area contributed by atoms with E-state index in [2.05, 4.69) is 0 Å². The molecule has 1 amide bonds. The number of amides is 1. The Balaban J connectivity index is 1.49. The van der Waals surface area contributed by atoms with E-state index in [0.29, 0.717) is 25.1 Å². The molecule has 1 aliphatic rings. The minimum atomic E-state index is -4.35. The van der Waals surface area contributed by atoms with Crippen molar-refractivity contribution < 1.29 is 36.1 Å². The van der Waals surface area contributed by atoms with Gasteiger partial charge in [-0.2, -0.15) is 8.42 Å². The lowest BCUT2D eigenvalue weighted by Crippen LogP contribution is -2.37. The van der Waals surface area contributed by atoms with Gasteiger partial charge < -0.3 is 18.6 Å². The molecule has 3 aromatic carbocycles. The molecule has 1 saturated heterocycles. The third-order valence-corrected chi connectivity index (χ3v) is 7.76. The van der Waals surface area contributed by atoms with Crippen LogP contribution in [-0.4, -0.2) is 51.1 Å². The summed E-state index contributed by atoms with van der Waals surface area (Å²) < 4.78 is 56.7. The Kier molecular flexibility index (Phi) is 9.89. The number of hydrogen-bond donors (Lipinski definition) is 0. The van der Waals surface area contributed by atoms with Crippen molar-refractivity contribution >= 4 is 22.0 Å². The van der Waals surface area contributed by atoms with Crippen LogP contribution in [0.25, 0.3) is 0 Å². The lowest BCUT2D eigenvalue weighted by molar-refractivity contribution is 0.0493. The molecule has 1 aliphatic heterocycles. The summed E-state index contributed by atoms with van der Waals surface area (Å²) in [6, 6.07) is 17.7. The second-order valence-electron chi connectivity index (χ2n) is 9.47. The molecule has 10 heteroatoms. The van der Waals surface area contributed by atoms with Crippen molar-refractivity contribution in [1.82, 2.24) is 4.90 Å². The monoisotopic (exact) mass is 569 g/mol. The second kappa shape index (κ2) is 13.5. The zero-order valence-corrected chi connectivity index (χ0v) is 23.1. The van der Waals surface area contributed by atoms with Gasteiger partial charge in [0.05, 0.1) is 23.8 Å². The van der Waals surface area contributed by atoms with Gasteiger partial charge >= 0.3 is 16.1 Å². The number of ether oxygens (including phenoxy) is 2. The SMILES string of the molecule is CCCCOC(=O)c1ccccc1S(=O)(=O)Oc1ccc(CN(CC2CCCO2)C(=O)c2ccccc2F)cc1. The number of carbonyl (C=O) groups is 2. The molecule has 1 fully saturated rings. The Morgan fingerprint density at radius 1 is 1.00 bits per heavy atom. The first kappa shape index (κ1) is 29.2. The molecule has 1 heterocycles. The molecule has 1 unspecified atom stereocenters. The number of rotatable bonds is 12. The quantitative estimate of drug-likeness (QED) is 0.164. The molecule has 0 spiro atoms. The fourth-order valence-corrected chi connectivity index (χ4v) is 5.46. The van der Waals surface area contributed by atoms with E-state index in [1.807, 2.05) is 6.92 Å². The first-order valence-corrected chi connectivity index (χ1v) is 14.6. The highest BCUT2D eigenvalue weighted by atomic mass is 32.2. The second-order valence-corrected chi connectivity index (χ2v) is 11.0. The van der Waals surface area contributed by atoms with Crippen LogP contribution in [-0.2, 0) is 26.1 Å². The zero-order valence-electron chi connectivity index (χ0n) is 22.3. The number of carbonyl (C=O) groups excluding carboxylic acids is 2. The molecule has 8 nitrogen and oxygen atoms in total. The lowest BCUT2D eigenvalue weighted by Gasteiger charge is -2.26. The van der Waals surface area contributed by atoms with Crippen molar-refractivity contribution in [2.75, 3.05) is 19.8 Å². The van der Waals surface area contributed by atoms with E-state index in [0.717, 1.165) is 19.3 Å². The summed E-state index contributed by atoms with van der Waals surface area (Å²) in [4.78, 5) is 26.9. The van der Waals surface area contributed by atoms with Crippen LogP contribution in [0.5, 0.6) is 5.75 Å². The Labute approximate surface area is 233 Å². The average molecular weight is 570 g/mol. The van der Waals surface area contributed by atoms with Crippen molar-refractivity contribution in [2.24, 2.45) is 0 Å². The van der Waals surface area contributed by atoms with Gasteiger partial charge in [-0.3, -0.25) is 4.79 Å². The molecular formula is C30H32FNO7S. The molecule has 0 aromatic heterocycles. The number of halogens is 1. The predicted molar refractivity (Wildman–Crippen MR) is 146 cm³/mol. The van der Waals surface area contributed by atoms with Crippen LogP contribution in [0, 0.1) is 5.82 Å². The smallest absolute Gasteiger partial charge is 0.340 e. The number of unbranched alkanes of at least 4 members (excludes halogenated alkanes) is 1. The van der Waals surface area contributed by atoms with E-state index in [1.165, 1.54) is 53.4 Å². The summed E-state index contributed by atoms with van der Waals surface area (Å²) in [5, 5.41) is 0. The first-order valence-electron chi connectivity index (χ1n) is 13.2. The van der Waals surface area contributed by atoms with Gasteiger partial charge in [0.25, 0.3) is 5.91 Å². The van der Waals surface area contributed by atoms with E-state index < -0.39 is 27.8 Å². The normalized spacial score (nSPS) is 15.0. The molecule has 0 bridgehead atoms. The maximum Gasteiger partial charge on any atom is 0.340 e. The maximum absolute atomic E-state index is 14.4. The highest BCUT2D eigenvalue weighted by Gasteiger charge is 2.27. The third-order valence-electron chi connectivity index (χ3n) is 6.45. The Bertz CT molecular complexity index is 1420. The van der Waals surface area contributed by atoms with Gasteiger partial charge in [-0.15, -0.1) is 0 Å². The summed E-state index contributed by atoms with van der Waals surface area (Å²) in [6.07, 6.45) is 3.06. The van der Waals surface area contributed by atoms with Gasteiger partial charge in [0.15, 0.2) is 0 Å². The van der Waals surface area contributed by atoms with Crippen LogP contribution in [0.15, 0.2) is 77.7 Å². The number of benzene rings is 3. The standard InChI is InChI=1S/C30H32FNO7S/c1-2-3-18-38-30(34)26-11-5-7-13-28(26)40(35,36)39-23-16-14-22(15-17-23)20-32(21-24-9-8-19-37-24)29(33)25-10-4-6-12-27(25)31/h4-7,10-17,24H,2-3,8-9,18-21H2,1H3. The topological polar surface area (TPSA) is 99.2 Å². The van der Waals surface area contributed by atoms with Gasteiger partial charge in [0, 0.05) is 19.7 Å². The summed E-state index contributed by atoms with van der Waals surface area (Å²) in [6.45, 7) is 3.22. The van der Waals surface area contributed by atoms with Crippen LogP contribution in [0.2, 0.25) is 0 Å². The lowest BCUT2D eigenvalue weighted by atomic mass is 10.1. The zero-order chi connectivity index (χ0) is 28.5. The molecule has 0 saturated carbocycles. The fraction of sp³-hybridized carbons (Fsp3) is 0.333. The molecule has 0 aliphatic carbocycles. The van der Waals surface area contributed by atoms with Crippen LogP contribution >= 0.6 is 0 Å². The van der Waals surface area contributed by atoms with Crippen LogP contribution in [0.3, 0.4) is 0 Å². The van der Waals surface area contributed by atoms with E-state index in [4.69, 9.17) is 13.7 Å². The largest absolute Gasteiger partial charge is 0.462 e. The number of hydrogen-bond acceptors (Lipinski definition) is 7. The van der Waals surface area contributed by atoms with Gasteiger partial charge in [-0.1, -0.05) is 49.7 Å². The third kappa shape index (κ3) is 7.45. The van der Waals surface area contributed by atoms with E-state index in [1.54, 1.807) is 24.3 Å². The summed E-state index contributed by atoms with van der Waals surface area (Å²) in [5.41, 5.74) is 0.553. The van der Waals surface area contributed by atoms with Crippen LogP contribution in [0.1, 0.15) is 58.9 Å². The van der Waals surface area contributed by atoms with Crippen molar-refractivity contribution in [1.29, 1.82) is 0 Å². The van der Waals surface area contributed by atoms with Crippen molar-refractivity contribution in [2.45, 2.75) is 50.2 Å². The highest BCUT2D eigenvalue weighted by Crippen LogP contribution is 2.24. The first-order chi connectivity index (χ1) is 19.3. The summed E-state index contributed by atoms with van der Waals surface area (Å²) >= 11 is 0.